The Balaban J connectivity index is 2.16. The normalized spacial score (nSPS) is 30.4. The molecule has 1 aliphatic rings. The lowest BCUT2D eigenvalue weighted by molar-refractivity contribution is 0.220. The second kappa shape index (κ2) is 4.52. The second-order valence-electron chi connectivity index (χ2n) is 3.95. The zero-order valence-corrected chi connectivity index (χ0v) is 8.14. The highest BCUT2D eigenvalue weighted by molar-refractivity contribution is 4.92. The molecule has 0 saturated heterocycles. The molecule has 1 fully saturated rings. The largest absolute Gasteiger partial charge is 0.310 e. The summed E-state index contributed by atoms with van der Waals surface area (Å²) in [6.45, 7) is 4.50. The maximum absolute atomic E-state index is 5.28. The molecule has 0 radical (unpaired) electrons. The molecule has 68 valence electrons. The van der Waals surface area contributed by atoms with Crippen LogP contribution >= 0.6 is 0 Å². The van der Waals surface area contributed by atoms with Crippen LogP contribution in [0.3, 0.4) is 0 Å². The van der Waals surface area contributed by atoms with E-state index in [4.69, 9.17) is 6.42 Å². The Morgan fingerprint density at radius 3 is 2.67 bits per heavy atom. The summed E-state index contributed by atoms with van der Waals surface area (Å²) in [6, 6.07) is 1.30. The summed E-state index contributed by atoms with van der Waals surface area (Å²) in [5.74, 6) is 3.64. The number of hydrogen-bond donors (Lipinski definition) is 1. The van der Waals surface area contributed by atoms with E-state index in [1.165, 1.54) is 12.8 Å². The van der Waals surface area contributed by atoms with E-state index in [0.29, 0.717) is 6.04 Å². The van der Waals surface area contributed by atoms with Gasteiger partial charge in [0.15, 0.2) is 0 Å². The smallest absolute Gasteiger partial charge is 0.0240 e. The van der Waals surface area contributed by atoms with Gasteiger partial charge in [-0.25, -0.2) is 0 Å². The molecule has 1 aliphatic carbocycles. The van der Waals surface area contributed by atoms with Crippen LogP contribution in [-0.2, 0) is 0 Å². The van der Waals surface area contributed by atoms with Crippen molar-refractivity contribution in [3.05, 3.63) is 0 Å². The third-order valence-electron chi connectivity index (χ3n) is 2.70. The first kappa shape index (κ1) is 9.61. The zero-order chi connectivity index (χ0) is 8.97. The van der Waals surface area contributed by atoms with E-state index in [1.807, 2.05) is 0 Å². The Bertz CT molecular complexity index is 162. The van der Waals surface area contributed by atoms with Crippen molar-refractivity contribution in [3.63, 3.8) is 0 Å². The maximum atomic E-state index is 5.28. The molecule has 1 heteroatoms. The van der Waals surface area contributed by atoms with E-state index in [9.17, 15) is 0 Å². The van der Waals surface area contributed by atoms with Crippen LogP contribution in [0.4, 0.5) is 0 Å². The van der Waals surface area contributed by atoms with E-state index >= 15 is 0 Å². The van der Waals surface area contributed by atoms with Crippen LogP contribution in [0.2, 0.25) is 0 Å². The highest BCUT2D eigenvalue weighted by Crippen LogP contribution is 2.26. The lowest BCUT2D eigenvalue weighted by Crippen LogP contribution is -2.45. The molecule has 12 heavy (non-hydrogen) atoms. The summed E-state index contributed by atoms with van der Waals surface area (Å²) < 4.78 is 0. The Morgan fingerprint density at radius 1 is 1.58 bits per heavy atom. The number of hydrogen-bond acceptors (Lipinski definition) is 1. The Labute approximate surface area is 75.9 Å². The van der Waals surface area contributed by atoms with Gasteiger partial charge in [0, 0.05) is 18.5 Å². The van der Waals surface area contributed by atoms with Crippen LogP contribution in [0.15, 0.2) is 0 Å². The van der Waals surface area contributed by atoms with Gasteiger partial charge in [-0.1, -0.05) is 13.8 Å². The molecule has 0 aromatic heterocycles. The number of nitrogens with one attached hydrogen (secondary N) is 1. The minimum Gasteiger partial charge on any atom is -0.310 e. The standard InChI is InChI=1S/C11H19N/c1-4-6-10(5-2)12-11-7-9(3)8-11/h1,9-12H,5-8H2,2-3H3. The highest BCUT2D eigenvalue weighted by Gasteiger charge is 2.26. The Morgan fingerprint density at radius 2 is 2.25 bits per heavy atom. The summed E-state index contributed by atoms with van der Waals surface area (Å²) in [6.07, 6.45) is 9.97. The fourth-order valence-electron chi connectivity index (χ4n) is 1.84. The van der Waals surface area contributed by atoms with Crippen molar-refractivity contribution in [1.82, 2.24) is 5.32 Å². The molecule has 0 aromatic carbocycles. The van der Waals surface area contributed by atoms with Crippen LogP contribution in [0.1, 0.15) is 39.5 Å². The molecule has 1 nitrogen and oxygen atoms in total. The van der Waals surface area contributed by atoms with Crippen molar-refractivity contribution in [2.45, 2.75) is 51.6 Å². The van der Waals surface area contributed by atoms with Gasteiger partial charge in [0.05, 0.1) is 0 Å². The summed E-state index contributed by atoms with van der Waals surface area (Å²) in [7, 11) is 0. The predicted octanol–water partition coefficient (Wildman–Crippen LogP) is 2.18. The first-order valence-corrected chi connectivity index (χ1v) is 4.95. The minimum atomic E-state index is 0.549. The number of rotatable bonds is 4. The van der Waals surface area contributed by atoms with Gasteiger partial charge in [-0.05, 0) is 25.2 Å². The van der Waals surface area contributed by atoms with Gasteiger partial charge < -0.3 is 5.32 Å². The maximum Gasteiger partial charge on any atom is 0.0240 e. The van der Waals surface area contributed by atoms with E-state index in [1.54, 1.807) is 0 Å². The van der Waals surface area contributed by atoms with Crippen LogP contribution in [0.25, 0.3) is 0 Å². The van der Waals surface area contributed by atoms with E-state index in [2.05, 4.69) is 25.1 Å². The third kappa shape index (κ3) is 2.53. The van der Waals surface area contributed by atoms with Crippen LogP contribution in [0, 0.1) is 18.3 Å². The van der Waals surface area contributed by atoms with Gasteiger partial charge in [0.1, 0.15) is 0 Å². The van der Waals surface area contributed by atoms with Gasteiger partial charge >= 0.3 is 0 Å². The fourth-order valence-corrected chi connectivity index (χ4v) is 1.84. The highest BCUT2D eigenvalue weighted by atomic mass is 15.0. The van der Waals surface area contributed by atoms with E-state index in [-0.39, 0.29) is 0 Å². The van der Waals surface area contributed by atoms with Gasteiger partial charge in [-0.15, -0.1) is 12.3 Å². The average Bonchev–Trinajstić information content (AvgIpc) is 2.00. The molecular formula is C11H19N. The molecule has 1 rings (SSSR count). The summed E-state index contributed by atoms with van der Waals surface area (Å²) in [5, 5.41) is 3.59. The first-order chi connectivity index (χ1) is 5.76. The van der Waals surface area contributed by atoms with Crippen molar-refractivity contribution >= 4 is 0 Å². The van der Waals surface area contributed by atoms with Crippen molar-refractivity contribution in [3.8, 4) is 12.3 Å². The molecule has 1 unspecified atom stereocenters. The van der Waals surface area contributed by atoms with Crippen molar-refractivity contribution in [2.24, 2.45) is 5.92 Å². The molecule has 1 atom stereocenters. The topological polar surface area (TPSA) is 12.0 Å². The Kier molecular flexibility index (Phi) is 3.62. The fraction of sp³-hybridized carbons (Fsp3) is 0.818. The third-order valence-corrected chi connectivity index (χ3v) is 2.70. The SMILES string of the molecule is C#CCC(CC)NC1CC(C)C1. The minimum absolute atomic E-state index is 0.549. The lowest BCUT2D eigenvalue weighted by atomic mass is 9.81. The molecule has 0 amide bonds. The molecule has 1 N–H and O–H groups in total. The molecule has 0 aromatic rings. The van der Waals surface area contributed by atoms with E-state index < -0.39 is 0 Å². The molecule has 1 saturated carbocycles. The summed E-state index contributed by atoms with van der Waals surface area (Å²) in [5.41, 5.74) is 0. The van der Waals surface area contributed by atoms with Gasteiger partial charge in [-0.3, -0.25) is 0 Å². The Hall–Kier alpha value is -0.480. The van der Waals surface area contributed by atoms with Crippen molar-refractivity contribution in [2.75, 3.05) is 0 Å². The lowest BCUT2D eigenvalue weighted by Gasteiger charge is -2.36. The molecule has 0 heterocycles. The van der Waals surface area contributed by atoms with Crippen LogP contribution in [-0.4, -0.2) is 12.1 Å². The first-order valence-electron chi connectivity index (χ1n) is 4.95. The van der Waals surface area contributed by atoms with E-state index in [0.717, 1.165) is 24.8 Å². The zero-order valence-electron chi connectivity index (χ0n) is 8.14. The molecule has 0 spiro atoms. The summed E-state index contributed by atoms with van der Waals surface area (Å²) >= 11 is 0. The van der Waals surface area contributed by atoms with Gasteiger partial charge in [0.2, 0.25) is 0 Å². The predicted molar refractivity (Wildman–Crippen MR) is 52.9 cm³/mol. The average molecular weight is 165 g/mol. The quantitative estimate of drug-likeness (QED) is 0.630. The van der Waals surface area contributed by atoms with Gasteiger partial charge in [-0.2, -0.15) is 0 Å². The second-order valence-corrected chi connectivity index (χ2v) is 3.95. The monoisotopic (exact) mass is 165 g/mol. The van der Waals surface area contributed by atoms with Crippen LogP contribution in [0.5, 0.6) is 0 Å². The molecule has 0 bridgehead atoms. The summed E-state index contributed by atoms with van der Waals surface area (Å²) in [4.78, 5) is 0. The van der Waals surface area contributed by atoms with Gasteiger partial charge in [0.25, 0.3) is 0 Å². The van der Waals surface area contributed by atoms with Crippen molar-refractivity contribution in [1.29, 1.82) is 0 Å². The van der Waals surface area contributed by atoms with Crippen molar-refractivity contribution < 1.29 is 0 Å². The van der Waals surface area contributed by atoms with Crippen LogP contribution < -0.4 is 5.32 Å². The number of terminal acetylenes is 1. The molecule has 0 aliphatic heterocycles. The molecular weight excluding hydrogens is 146 g/mol.